The fourth-order valence-electron chi connectivity index (χ4n) is 2.89. The van der Waals surface area contributed by atoms with Crippen LogP contribution in [-0.2, 0) is 11.3 Å². The van der Waals surface area contributed by atoms with Crippen LogP contribution in [0.3, 0.4) is 0 Å². The van der Waals surface area contributed by atoms with E-state index in [1.807, 2.05) is 18.2 Å². The molecule has 0 unspecified atom stereocenters. The normalized spacial score (nSPS) is 15.1. The minimum Gasteiger partial charge on any atom is -0.454 e. The molecule has 0 aliphatic carbocycles. The average molecular weight is 338 g/mol. The highest BCUT2D eigenvalue weighted by molar-refractivity contribution is 5.44. The molecule has 2 rings (SSSR count). The topological polar surface area (TPSA) is 63.2 Å². The smallest absolute Gasteiger partial charge is 0.231 e. The first-order valence-electron chi connectivity index (χ1n) is 8.35. The first-order valence-corrected chi connectivity index (χ1v) is 8.35. The van der Waals surface area contributed by atoms with E-state index in [0.717, 1.165) is 30.2 Å². The third-order valence-corrected chi connectivity index (χ3v) is 3.74. The second kappa shape index (κ2) is 8.67. The Hall–Kier alpha value is -1.34. The maximum absolute atomic E-state index is 10.0. The third-order valence-electron chi connectivity index (χ3n) is 3.74. The van der Waals surface area contributed by atoms with E-state index in [0.29, 0.717) is 19.8 Å². The second-order valence-electron chi connectivity index (χ2n) is 7.39. The largest absolute Gasteiger partial charge is 0.454 e. The van der Waals surface area contributed by atoms with Crippen LogP contribution >= 0.6 is 0 Å². The molecule has 6 nitrogen and oxygen atoms in total. The number of hydrogen-bond donors (Lipinski definition) is 2. The first kappa shape index (κ1) is 19.0. The highest BCUT2D eigenvalue weighted by Gasteiger charge is 2.19. The monoisotopic (exact) mass is 338 g/mol. The molecular formula is C18H30N2O4. The molecule has 1 atom stereocenters. The first-order chi connectivity index (χ1) is 11.4. The summed E-state index contributed by atoms with van der Waals surface area (Å²) in [6, 6.07) is 5.74. The van der Waals surface area contributed by atoms with Crippen molar-refractivity contribution < 1.29 is 19.3 Å². The molecule has 1 heterocycles. The van der Waals surface area contributed by atoms with Crippen LogP contribution in [0.4, 0.5) is 0 Å². The molecular weight excluding hydrogens is 308 g/mol. The molecule has 0 bridgehead atoms. The maximum Gasteiger partial charge on any atom is 0.231 e. The van der Waals surface area contributed by atoms with Crippen LogP contribution in [0, 0.1) is 5.41 Å². The molecule has 1 aliphatic rings. The van der Waals surface area contributed by atoms with Crippen molar-refractivity contribution in [3.05, 3.63) is 23.8 Å². The van der Waals surface area contributed by atoms with Crippen LogP contribution in [0.15, 0.2) is 18.2 Å². The summed E-state index contributed by atoms with van der Waals surface area (Å²) in [5.41, 5.74) is 1.17. The Morgan fingerprint density at radius 3 is 2.79 bits per heavy atom. The molecule has 0 saturated carbocycles. The van der Waals surface area contributed by atoms with E-state index >= 15 is 0 Å². The lowest BCUT2D eigenvalue weighted by atomic mass is 9.93. The average Bonchev–Trinajstić information content (AvgIpc) is 2.93. The second-order valence-corrected chi connectivity index (χ2v) is 7.39. The van der Waals surface area contributed by atoms with Crippen molar-refractivity contribution in [3.8, 4) is 11.5 Å². The number of rotatable bonds is 10. The summed E-state index contributed by atoms with van der Waals surface area (Å²) in [7, 11) is 4.14. The van der Waals surface area contributed by atoms with Crippen molar-refractivity contribution in [2.75, 3.05) is 47.1 Å². The van der Waals surface area contributed by atoms with E-state index in [-0.39, 0.29) is 12.2 Å². The summed E-state index contributed by atoms with van der Waals surface area (Å²) < 4.78 is 16.2. The Morgan fingerprint density at radius 2 is 2.04 bits per heavy atom. The Bertz CT molecular complexity index is 520. The number of nitrogens with one attached hydrogen (secondary N) is 1. The van der Waals surface area contributed by atoms with Gasteiger partial charge in [0.15, 0.2) is 11.5 Å². The molecule has 1 aromatic rings. The molecule has 24 heavy (non-hydrogen) atoms. The molecule has 0 amide bonds. The standard InChI is InChI=1S/C18H30N2O4/c1-18(2,12-20(3)4)11-19-8-15(21)10-22-9-14-5-6-16-17(7-14)24-13-23-16/h5-7,15,19,21H,8-13H2,1-4H3/t15-/m1/s1. The fraction of sp³-hybridized carbons (Fsp3) is 0.667. The van der Waals surface area contributed by atoms with Crippen molar-refractivity contribution in [2.45, 2.75) is 26.6 Å². The molecule has 2 N–H and O–H groups in total. The van der Waals surface area contributed by atoms with Crippen LogP contribution in [0.2, 0.25) is 0 Å². The predicted molar refractivity (Wildman–Crippen MR) is 93.4 cm³/mol. The minimum absolute atomic E-state index is 0.163. The zero-order chi connectivity index (χ0) is 17.6. The Kier molecular flexibility index (Phi) is 6.86. The van der Waals surface area contributed by atoms with Gasteiger partial charge < -0.3 is 29.5 Å². The van der Waals surface area contributed by atoms with E-state index in [1.54, 1.807) is 0 Å². The summed E-state index contributed by atoms with van der Waals surface area (Å²) in [5, 5.41) is 13.3. The number of nitrogens with zero attached hydrogens (tertiary/aromatic N) is 1. The van der Waals surface area contributed by atoms with Gasteiger partial charge in [-0.2, -0.15) is 0 Å². The molecule has 0 aromatic heterocycles. The summed E-state index contributed by atoms with van der Waals surface area (Å²) in [6.07, 6.45) is -0.519. The van der Waals surface area contributed by atoms with E-state index in [9.17, 15) is 5.11 Å². The number of hydrogen-bond acceptors (Lipinski definition) is 6. The molecule has 0 radical (unpaired) electrons. The number of ether oxygens (including phenoxy) is 3. The van der Waals surface area contributed by atoms with Gasteiger partial charge >= 0.3 is 0 Å². The van der Waals surface area contributed by atoms with E-state index in [4.69, 9.17) is 14.2 Å². The SMILES string of the molecule is CN(C)CC(C)(C)CNC[C@@H](O)COCc1ccc2c(c1)OCO2. The fourth-order valence-corrected chi connectivity index (χ4v) is 2.89. The van der Waals surface area contributed by atoms with Gasteiger partial charge in [-0.1, -0.05) is 19.9 Å². The lowest BCUT2D eigenvalue weighted by Crippen LogP contribution is -2.40. The number of aliphatic hydroxyl groups is 1. The Balaban J connectivity index is 1.62. The van der Waals surface area contributed by atoms with Crippen molar-refractivity contribution in [3.63, 3.8) is 0 Å². The molecule has 6 heteroatoms. The van der Waals surface area contributed by atoms with Crippen LogP contribution in [0.1, 0.15) is 19.4 Å². The Labute approximate surface area is 144 Å². The zero-order valence-electron chi connectivity index (χ0n) is 15.2. The molecule has 1 aromatic carbocycles. The number of benzene rings is 1. The van der Waals surface area contributed by atoms with Crippen LogP contribution in [0.5, 0.6) is 11.5 Å². The number of aliphatic hydroxyl groups excluding tert-OH is 1. The van der Waals surface area contributed by atoms with E-state index in [2.05, 4.69) is 38.2 Å². The van der Waals surface area contributed by atoms with Crippen molar-refractivity contribution in [2.24, 2.45) is 5.41 Å². The summed E-state index contributed by atoms with van der Waals surface area (Å²) in [5.74, 6) is 1.52. The van der Waals surface area contributed by atoms with Crippen molar-refractivity contribution >= 4 is 0 Å². The van der Waals surface area contributed by atoms with Crippen LogP contribution in [0.25, 0.3) is 0 Å². The maximum atomic E-state index is 10.0. The lowest BCUT2D eigenvalue weighted by molar-refractivity contribution is 0.0276. The molecule has 0 saturated heterocycles. The minimum atomic E-state index is -0.519. The molecule has 1 aliphatic heterocycles. The summed E-state index contributed by atoms with van der Waals surface area (Å²) >= 11 is 0. The van der Waals surface area contributed by atoms with Gasteiger partial charge in [-0.3, -0.25) is 0 Å². The van der Waals surface area contributed by atoms with Gasteiger partial charge in [0.2, 0.25) is 6.79 Å². The van der Waals surface area contributed by atoms with Gasteiger partial charge in [0.05, 0.1) is 19.3 Å². The van der Waals surface area contributed by atoms with Crippen molar-refractivity contribution in [1.29, 1.82) is 0 Å². The number of fused-ring (bicyclic) bond motifs is 1. The van der Waals surface area contributed by atoms with Crippen molar-refractivity contribution in [1.82, 2.24) is 10.2 Å². The third kappa shape index (κ3) is 6.28. The van der Waals surface area contributed by atoms with Gasteiger partial charge in [-0.15, -0.1) is 0 Å². The predicted octanol–water partition coefficient (Wildman–Crippen LogP) is 1.47. The Morgan fingerprint density at radius 1 is 1.29 bits per heavy atom. The van der Waals surface area contributed by atoms with Crippen LogP contribution < -0.4 is 14.8 Å². The van der Waals surface area contributed by atoms with E-state index < -0.39 is 6.10 Å². The highest BCUT2D eigenvalue weighted by Crippen LogP contribution is 2.32. The lowest BCUT2D eigenvalue weighted by Gasteiger charge is -2.29. The zero-order valence-corrected chi connectivity index (χ0v) is 15.2. The van der Waals surface area contributed by atoms with Gasteiger partial charge in [0.1, 0.15) is 0 Å². The van der Waals surface area contributed by atoms with Gasteiger partial charge in [0.25, 0.3) is 0 Å². The van der Waals surface area contributed by atoms with Crippen LogP contribution in [-0.4, -0.2) is 63.2 Å². The highest BCUT2D eigenvalue weighted by atomic mass is 16.7. The van der Waals surface area contributed by atoms with Gasteiger partial charge in [-0.05, 0) is 37.2 Å². The van der Waals surface area contributed by atoms with Gasteiger partial charge in [0, 0.05) is 19.6 Å². The van der Waals surface area contributed by atoms with E-state index in [1.165, 1.54) is 0 Å². The molecule has 0 fully saturated rings. The summed E-state index contributed by atoms with van der Waals surface area (Å²) in [6.45, 7) is 7.81. The molecule has 136 valence electrons. The van der Waals surface area contributed by atoms with Gasteiger partial charge in [-0.25, -0.2) is 0 Å². The summed E-state index contributed by atoms with van der Waals surface area (Å²) in [4.78, 5) is 2.17. The molecule has 0 spiro atoms. The quantitative estimate of drug-likeness (QED) is 0.674.